The van der Waals surface area contributed by atoms with E-state index >= 15 is 0 Å². The molecule has 0 aliphatic carbocycles. The smallest absolute Gasteiger partial charge is 0.271 e. The molecule has 1 saturated heterocycles. The van der Waals surface area contributed by atoms with Gasteiger partial charge in [0, 0.05) is 31.6 Å². The molecule has 0 bridgehead atoms. The first kappa shape index (κ1) is 21.9. The van der Waals surface area contributed by atoms with Crippen LogP contribution in [0.15, 0.2) is 70.8 Å². The van der Waals surface area contributed by atoms with Crippen LogP contribution in [-0.2, 0) is 6.54 Å². The van der Waals surface area contributed by atoms with Crippen LogP contribution in [0, 0.1) is 18.3 Å². The second-order valence-corrected chi connectivity index (χ2v) is 9.44. The van der Waals surface area contributed by atoms with Crippen molar-refractivity contribution < 1.29 is 4.79 Å². The number of fused-ring (bicyclic) bond motifs is 1. The Kier molecular flexibility index (Phi) is 5.91. The molecule has 2 aromatic heterocycles. The SMILES string of the molecule is Cc1ccc2c(c1)c(N1CCN(C(=O)c3cccs3)CC1)c(C#N)c(=O)n2Cc1ccccc1. The van der Waals surface area contributed by atoms with E-state index in [1.807, 2.05) is 71.8 Å². The van der Waals surface area contributed by atoms with Crippen LogP contribution >= 0.6 is 11.3 Å². The topological polar surface area (TPSA) is 69.3 Å². The van der Waals surface area contributed by atoms with E-state index in [-0.39, 0.29) is 17.0 Å². The molecule has 1 amide bonds. The Bertz CT molecular complexity index is 1440. The third-order valence-electron chi connectivity index (χ3n) is 6.30. The molecule has 1 aliphatic heterocycles. The Morgan fingerprint density at radius 2 is 1.79 bits per heavy atom. The highest BCUT2D eigenvalue weighted by atomic mass is 32.1. The average Bonchev–Trinajstić information content (AvgIpc) is 3.41. The number of carbonyl (C=O) groups excluding carboxylic acids is 1. The van der Waals surface area contributed by atoms with Gasteiger partial charge in [-0.2, -0.15) is 5.26 Å². The van der Waals surface area contributed by atoms with E-state index in [0.717, 1.165) is 26.9 Å². The minimum absolute atomic E-state index is 0.0362. The molecule has 0 radical (unpaired) electrons. The molecule has 170 valence electrons. The van der Waals surface area contributed by atoms with Crippen molar-refractivity contribution in [1.82, 2.24) is 9.47 Å². The summed E-state index contributed by atoms with van der Waals surface area (Å²) in [5.41, 5.74) is 3.43. The zero-order chi connectivity index (χ0) is 23.7. The zero-order valence-electron chi connectivity index (χ0n) is 18.9. The number of benzene rings is 2. The van der Waals surface area contributed by atoms with Crippen molar-refractivity contribution in [1.29, 1.82) is 5.26 Å². The fourth-order valence-corrected chi connectivity index (χ4v) is 5.29. The van der Waals surface area contributed by atoms with Gasteiger partial charge in [0.2, 0.25) is 0 Å². The molecule has 6 nitrogen and oxygen atoms in total. The van der Waals surface area contributed by atoms with Crippen LogP contribution in [0.3, 0.4) is 0 Å². The van der Waals surface area contributed by atoms with Gasteiger partial charge in [-0.25, -0.2) is 0 Å². The van der Waals surface area contributed by atoms with E-state index in [9.17, 15) is 14.9 Å². The highest BCUT2D eigenvalue weighted by Gasteiger charge is 2.27. The minimum atomic E-state index is -0.283. The standard InChI is InChI=1S/C27H24N4O2S/c1-19-9-10-23-21(16-19)25(22(17-28)26(32)31(23)18-20-6-3-2-4-7-20)29-11-13-30(14-12-29)27(33)24-8-5-15-34-24/h2-10,15-16H,11-14,18H2,1H3. The van der Waals surface area contributed by atoms with E-state index in [2.05, 4.69) is 17.0 Å². The van der Waals surface area contributed by atoms with Crippen molar-refractivity contribution >= 4 is 33.8 Å². The lowest BCUT2D eigenvalue weighted by atomic mass is 10.0. The van der Waals surface area contributed by atoms with Crippen molar-refractivity contribution in [3.05, 3.63) is 98.0 Å². The maximum atomic E-state index is 13.5. The van der Waals surface area contributed by atoms with Crippen LogP contribution in [0.25, 0.3) is 10.9 Å². The predicted octanol–water partition coefficient (Wildman–Crippen LogP) is 4.25. The summed E-state index contributed by atoms with van der Waals surface area (Å²) in [5.74, 6) is 0.0362. The number of pyridine rings is 1. The first-order valence-corrected chi connectivity index (χ1v) is 12.1. The summed E-state index contributed by atoms with van der Waals surface area (Å²) < 4.78 is 1.70. The third kappa shape index (κ3) is 3.97. The Hall–Kier alpha value is -3.89. The Morgan fingerprint density at radius 3 is 2.47 bits per heavy atom. The Balaban J connectivity index is 1.55. The number of aryl methyl sites for hydroxylation is 1. The number of hydrogen-bond donors (Lipinski definition) is 0. The van der Waals surface area contributed by atoms with Gasteiger partial charge in [-0.1, -0.05) is 48.0 Å². The van der Waals surface area contributed by atoms with Crippen LogP contribution in [0.5, 0.6) is 0 Å². The normalized spacial score (nSPS) is 13.8. The number of piperazine rings is 1. The molecule has 0 saturated carbocycles. The van der Waals surface area contributed by atoms with Gasteiger partial charge in [-0.05, 0) is 36.1 Å². The van der Waals surface area contributed by atoms with Gasteiger partial charge in [0.05, 0.1) is 22.6 Å². The summed E-state index contributed by atoms with van der Waals surface area (Å²) in [5, 5.41) is 12.9. The van der Waals surface area contributed by atoms with Gasteiger partial charge in [0.15, 0.2) is 0 Å². The highest BCUT2D eigenvalue weighted by molar-refractivity contribution is 7.12. The van der Waals surface area contributed by atoms with E-state index < -0.39 is 0 Å². The fraction of sp³-hybridized carbons (Fsp3) is 0.222. The molecule has 4 aromatic rings. The molecule has 34 heavy (non-hydrogen) atoms. The van der Waals surface area contributed by atoms with Gasteiger partial charge >= 0.3 is 0 Å². The summed E-state index contributed by atoms with van der Waals surface area (Å²) in [6, 6.07) is 21.7. The summed E-state index contributed by atoms with van der Waals surface area (Å²) in [6.45, 7) is 4.63. The van der Waals surface area contributed by atoms with Crippen LogP contribution in [0.2, 0.25) is 0 Å². The number of amides is 1. The zero-order valence-corrected chi connectivity index (χ0v) is 19.7. The van der Waals surface area contributed by atoms with Crippen molar-refractivity contribution in [2.45, 2.75) is 13.5 Å². The lowest BCUT2D eigenvalue weighted by molar-refractivity contribution is 0.0751. The number of rotatable bonds is 4. The molecule has 0 N–H and O–H groups in total. The monoisotopic (exact) mass is 468 g/mol. The molecule has 3 heterocycles. The fourth-order valence-electron chi connectivity index (χ4n) is 4.60. The van der Waals surface area contributed by atoms with E-state index in [1.54, 1.807) is 4.57 Å². The summed E-state index contributed by atoms with van der Waals surface area (Å²) in [4.78, 5) is 31.0. The first-order valence-electron chi connectivity index (χ1n) is 11.3. The molecular formula is C27H24N4O2S. The van der Waals surface area contributed by atoms with Gasteiger partial charge in [-0.3, -0.25) is 9.59 Å². The largest absolute Gasteiger partial charge is 0.366 e. The van der Waals surface area contributed by atoms with Crippen molar-refractivity contribution in [2.75, 3.05) is 31.1 Å². The molecule has 5 rings (SSSR count). The van der Waals surface area contributed by atoms with Crippen molar-refractivity contribution in [3.63, 3.8) is 0 Å². The Morgan fingerprint density at radius 1 is 1.03 bits per heavy atom. The molecule has 0 unspecified atom stereocenters. The lowest BCUT2D eigenvalue weighted by Crippen LogP contribution is -2.49. The number of nitrogens with zero attached hydrogens (tertiary/aromatic N) is 4. The van der Waals surface area contributed by atoms with E-state index in [4.69, 9.17) is 0 Å². The quantitative estimate of drug-likeness (QED) is 0.449. The number of thiophene rings is 1. The highest BCUT2D eigenvalue weighted by Crippen LogP contribution is 2.31. The van der Waals surface area contributed by atoms with E-state index in [1.165, 1.54) is 11.3 Å². The molecule has 2 aromatic carbocycles. The Labute approximate surface area is 201 Å². The van der Waals surface area contributed by atoms with Crippen LogP contribution in [0.4, 0.5) is 5.69 Å². The maximum Gasteiger partial charge on any atom is 0.271 e. The average molecular weight is 469 g/mol. The molecule has 0 spiro atoms. The number of anilines is 1. The number of carbonyl (C=O) groups is 1. The lowest BCUT2D eigenvalue weighted by Gasteiger charge is -2.37. The van der Waals surface area contributed by atoms with Crippen molar-refractivity contribution in [3.8, 4) is 6.07 Å². The van der Waals surface area contributed by atoms with Gasteiger partial charge in [-0.15, -0.1) is 11.3 Å². The number of hydrogen-bond acceptors (Lipinski definition) is 5. The van der Waals surface area contributed by atoms with Crippen LogP contribution < -0.4 is 10.5 Å². The molecule has 0 atom stereocenters. The summed E-state index contributed by atoms with van der Waals surface area (Å²) in [7, 11) is 0. The van der Waals surface area contributed by atoms with E-state index in [0.29, 0.717) is 38.4 Å². The minimum Gasteiger partial charge on any atom is -0.366 e. The second-order valence-electron chi connectivity index (χ2n) is 8.49. The van der Waals surface area contributed by atoms with Gasteiger partial charge in [0.1, 0.15) is 11.6 Å². The van der Waals surface area contributed by atoms with Crippen LogP contribution in [0.1, 0.15) is 26.4 Å². The summed E-state index contributed by atoms with van der Waals surface area (Å²) in [6.07, 6.45) is 0. The molecule has 7 heteroatoms. The van der Waals surface area contributed by atoms with Gasteiger partial charge in [0.25, 0.3) is 11.5 Å². The second kappa shape index (κ2) is 9.16. The number of nitriles is 1. The maximum absolute atomic E-state index is 13.5. The number of aromatic nitrogens is 1. The van der Waals surface area contributed by atoms with Gasteiger partial charge < -0.3 is 14.4 Å². The predicted molar refractivity (Wildman–Crippen MR) is 136 cm³/mol. The summed E-state index contributed by atoms with van der Waals surface area (Å²) >= 11 is 1.44. The van der Waals surface area contributed by atoms with Crippen LogP contribution in [-0.4, -0.2) is 41.6 Å². The molecule has 1 fully saturated rings. The van der Waals surface area contributed by atoms with Crippen molar-refractivity contribution in [2.24, 2.45) is 0 Å². The molecular weight excluding hydrogens is 444 g/mol. The molecule has 1 aliphatic rings. The third-order valence-corrected chi connectivity index (χ3v) is 7.16. The first-order chi connectivity index (χ1) is 16.6.